The van der Waals surface area contributed by atoms with Crippen molar-refractivity contribution in [2.45, 2.75) is 65.2 Å². The first-order valence-corrected chi connectivity index (χ1v) is 10.8. The molecule has 3 heteroatoms. The van der Waals surface area contributed by atoms with Crippen molar-refractivity contribution >= 4 is 0 Å². The van der Waals surface area contributed by atoms with Crippen molar-refractivity contribution in [1.29, 1.82) is 0 Å². The van der Waals surface area contributed by atoms with Crippen LogP contribution in [0, 0.1) is 0 Å². The lowest BCUT2D eigenvalue weighted by Gasteiger charge is -2.23. The van der Waals surface area contributed by atoms with E-state index in [9.17, 15) is 0 Å². The van der Waals surface area contributed by atoms with Gasteiger partial charge in [-0.25, -0.2) is 0 Å². The SMILES string of the molecule is CCC(C)(C)c1ccc(OCCOCCOc2ccc(C(C)(C)CC)cc2)cc1. The Balaban J connectivity index is 1.62. The summed E-state index contributed by atoms with van der Waals surface area (Å²) < 4.78 is 17.1. The second kappa shape index (κ2) is 10.7. The molecule has 0 radical (unpaired) electrons. The van der Waals surface area contributed by atoms with Gasteiger partial charge in [0.1, 0.15) is 24.7 Å². The Morgan fingerprint density at radius 3 is 1.21 bits per heavy atom. The molecule has 2 aromatic rings. The molecule has 2 rings (SSSR count). The van der Waals surface area contributed by atoms with Crippen LogP contribution in [0.4, 0.5) is 0 Å². The van der Waals surface area contributed by atoms with Crippen LogP contribution in [-0.2, 0) is 15.6 Å². The van der Waals surface area contributed by atoms with E-state index in [4.69, 9.17) is 14.2 Å². The Labute approximate surface area is 177 Å². The molecule has 2 aromatic carbocycles. The first-order chi connectivity index (χ1) is 13.8. The van der Waals surface area contributed by atoms with E-state index in [0.29, 0.717) is 26.4 Å². The topological polar surface area (TPSA) is 27.7 Å². The van der Waals surface area contributed by atoms with Crippen molar-refractivity contribution in [3.63, 3.8) is 0 Å². The Morgan fingerprint density at radius 1 is 0.552 bits per heavy atom. The van der Waals surface area contributed by atoms with Crippen LogP contribution in [0.3, 0.4) is 0 Å². The van der Waals surface area contributed by atoms with Gasteiger partial charge < -0.3 is 14.2 Å². The van der Waals surface area contributed by atoms with Crippen LogP contribution < -0.4 is 9.47 Å². The van der Waals surface area contributed by atoms with Crippen molar-refractivity contribution in [3.05, 3.63) is 59.7 Å². The monoisotopic (exact) mass is 398 g/mol. The van der Waals surface area contributed by atoms with Crippen molar-refractivity contribution < 1.29 is 14.2 Å². The average Bonchev–Trinajstić information content (AvgIpc) is 2.73. The summed E-state index contributed by atoms with van der Waals surface area (Å²) in [6.07, 6.45) is 2.23. The van der Waals surface area contributed by atoms with Crippen LogP contribution in [0.1, 0.15) is 65.5 Å². The number of rotatable bonds is 12. The Morgan fingerprint density at radius 2 is 0.897 bits per heavy atom. The molecule has 29 heavy (non-hydrogen) atoms. The first kappa shape index (κ1) is 23.3. The molecule has 0 unspecified atom stereocenters. The van der Waals surface area contributed by atoms with Gasteiger partial charge in [0.15, 0.2) is 0 Å². The summed E-state index contributed by atoms with van der Waals surface area (Å²) >= 11 is 0. The highest BCUT2D eigenvalue weighted by atomic mass is 16.5. The van der Waals surface area contributed by atoms with E-state index in [-0.39, 0.29) is 10.8 Å². The highest BCUT2D eigenvalue weighted by Gasteiger charge is 2.18. The van der Waals surface area contributed by atoms with Gasteiger partial charge in [0.05, 0.1) is 13.2 Å². The smallest absolute Gasteiger partial charge is 0.119 e. The van der Waals surface area contributed by atoms with Gasteiger partial charge in [-0.1, -0.05) is 65.8 Å². The molecule has 3 nitrogen and oxygen atoms in total. The van der Waals surface area contributed by atoms with E-state index in [0.717, 1.165) is 24.3 Å². The summed E-state index contributed by atoms with van der Waals surface area (Å²) in [5, 5.41) is 0. The second-order valence-corrected chi connectivity index (χ2v) is 8.83. The Bertz CT molecular complexity index is 651. The van der Waals surface area contributed by atoms with E-state index >= 15 is 0 Å². The zero-order valence-corrected chi connectivity index (χ0v) is 19.1. The second-order valence-electron chi connectivity index (χ2n) is 8.83. The van der Waals surface area contributed by atoms with Crippen molar-refractivity contribution in [1.82, 2.24) is 0 Å². The van der Waals surface area contributed by atoms with E-state index in [1.165, 1.54) is 11.1 Å². The average molecular weight is 399 g/mol. The molecule has 0 N–H and O–H groups in total. The third-order valence-corrected chi connectivity index (χ3v) is 6.03. The van der Waals surface area contributed by atoms with E-state index in [1.54, 1.807) is 0 Å². The van der Waals surface area contributed by atoms with Crippen LogP contribution >= 0.6 is 0 Å². The third-order valence-electron chi connectivity index (χ3n) is 6.03. The minimum Gasteiger partial charge on any atom is -0.491 e. The Kier molecular flexibility index (Phi) is 8.58. The fourth-order valence-electron chi connectivity index (χ4n) is 2.95. The van der Waals surface area contributed by atoms with Gasteiger partial charge in [-0.3, -0.25) is 0 Å². The van der Waals surface area contributed by atoms with Gasteiger partial charge >= 0.3 is 0 Å². The van der Waals surface area contributed by atoms with Gasteiger partial charge in [0.25, 0.3) is 0 Å². The Hall–Kier alpha value is -2.00. The zero-order valence-electron chi connectivity index (χ0n) is 19.1. The normalized spacial score (nSPS) is 12.1. The van der Waals surface area contributed by atoms with E-state index in [1.807, 2.05) is 24.3 Å². The molecule has 0 fully saturated rings. The predicted molar refractivity (Wildman–Crippen MR) is 121 cm³/mol. The summed E-state index contributed by atoms with van der Waals surface area (Å²) in [6.45, 7) is 15.7. The largest absolute Gasteiger partial charge is 0.491 e. The van der Waals surface area contributed by atoms with Gasteiger partial charge in [-0.15, -0.1) is 0 Å². The third kappa shape index (κ3) is 7.08. The maximum Gasteiger partial charge on any atom is 0.119 e. The zero-order chi connectivity index (χ0) is 21.3. The van der Waals surface area contributed by atoms with Crippen molar-refractivity contribution in [2.75, 3.05) is 26.4 Å². The number of ether oxygens (including phenoxy) is 3. The molecule has 0 aliphatic rings. The summed E-state index contributed by atoms with van der Waals surface area (Å²) in [5.41, 5.74) is 3.08. The van der Waals surface area contributed by atoms with Crippen LogP contribution in [0.5, 0.6) is 11.5 Å². The molecule has 0 saturated carbocycles. The molecule has 0 aliphatic heterocycles. The molecule has 0 saturated heterocycles. The molecule has 0 heterocycles. The lowest BCUT2D eigenvalue weighted by molar-refractivity contribution is 0.0764. The summed E-state index contributed by atoms with van der Waals surface area (Å²) in [6, 6.07) is 16.8. The van der Waals surface area contributed by atoms with Gasteiger partial charge in [-0.05, 0) is 59.1 Å². The molecular formula is C26H38O3. The fraction of sp³-hybridized carbons (Fsp3) is 0.538. The molecule has 0 spiro atoms. The molecule has 0 amide bonds. The first-order valence-electron chi connectivity index (χ1n) is 10.8. The van der Waals surface area contributed by atoms with E-state index < -0.39 is 0 Å². The van der Waals surface area contributed by atoms with Crippen molar-refractivity contribution in [2.24, 2.45) is 0 Å². The summed E-state index contributed by atoms with van der Waals surface area (Å²) in [7, 11) is 0. The lowest BCUT2D eigenvalue weighted by Crippen LogP contribution is -2.15. The molecule has 0 aromatic heterocycles. The number of hydrogen-bond acceptors (Lipinski definition) is 3. The molecule has 0 bridgehead atoms. The van der Waals surface area contributed by atoms with Gasteiger partial charge in [-0.2, -0.15) is 0 Å². The molecule has 0 atom stereocenters. The summed E-state index contributed by atoms with van der Waals surface area (Å²) in [4.78, 5) is 0. The predicted octanol–water partition coefficient (Wildman–Crippen LogP) is 6.54. The van der Waals surface area contributed by atoms with Crippen LogP contribution in [0.2, 0.25) is 0 Å². The minimum absolute atomic E-state index is 0.203. The lowest BCUT2D eigenvalue weighted by atomic mass is 9.82. The molecule has 160 valence electrons. The summed E-state index contributed by atoms with van der Waals surface area (Å²) in [5.74, 6) is 1.77. The van der Waals surface area contributed by atoms with Crippen molar-refractivity contribution in [3.8, 4) is 11.5 Å². The quantitative estimate of drug-likeness (QED) is 0.380. The van der Waals surface area contributed by atoms with Crippen LogP contribution in [0.15, 0.2) is 48.5 Å². The molecular weight excluding hydrogens is 360 g/mol. The van der Waals surface area contributed by atoms with Crippen LogP contribution in [-0.4, -0.2) is 26.4 Å². The van der Waals surface area contributed by atoms with E-state index in [2.05, 4.69) is 65.8 Å². The number of benzene rings is 2. The maximum absolute atomic E-state index is 5.76. The number of hydrogen-bond donors (Lipinski definition) is 0. The van der Waals surface area contributed by atoms with Gasteiger partial charge in [0.2, 0.25) is 0 Å². The highest BCUT2D eigenvalue weighted by molar-refractivity contribution is 5.32. The van der Waals surface area contributed by atoms with Crippen LogP contribution in [0.25, 0.3) is 0 Å². The minimum atomic E-state index is 0.203. The highest BCUT2D eigenvalue weighted by Crippen LogP contribution is 2.29. The fourth-order valence-corrected chi connectivity index (χ4v) is 2.95. The standard InChI is InChI=1S/C26H38O3/c1-7-25(3,4)21-9-13-23(14-10-21)28-19-17-27-18-20-29-24-15-11-22(12-16-24)26(5,6)8-2/h9-16H,7-8,17-20H2,1-6H3. The van der Waals surface area contributed by atoms with Gasteiger partial charge in [0, 0.05) is 0 Å². The molecule has 0 aliphatic carbocycles. The maximum atomic E-state index is 5.76.